The van der Waals surface area contributed by atoms with E-state index in [9.17, 15) is 14.4 Å². The molecule has 0 amide bonds. The highest BCUT2D eigenvalue weighted by atomic mass is 16.7. The molecule has 0 radical (unpaired) electrons. The molecule has 0 aromatic heterocycles. The fourth-order valence-corrected chi connectivity index (χ4v) is 1.01. The van der Waals surface area contributed by atoms with Gasteiger partial charge in [0.05, 0.1) is 50.5 Å². The molecule has 0 saturated carbocycles. The maximum absolute atomic E-state index is 10.3. The number of aliphatic hydroxyl groups excluding tert-OH is 2. The summed E-state index contributed by atoms with van der Waals surface area (Å²) < 4.78 is 32.5. The van der Waals surface area contributed by atoms with Crippen LogP contribution in [0.2, 0.25) is 0 Å². The Morgan fingerprint density at radius 3 is 0.696 bits per heavy atom. The fraction of sp³-hybridized carbons (Fsp3) is 0.932. The second-order valence-corrected chi connectivity index (χ2v) is 15.0. The molecule has 0 aromatic carbocycles. The van der Waals surface area contributed by atoms with E-state index in [1.165, 1.54) is 34.0 Å². The third-order valence-corrected chi connectivity index (χ3v) is 4.84. The zero-order valence-corrected chi connectivity index (χ0v) is 42.4. The minimum absolute atomic E-state index is 0.00463. The molecule has 0 heterocycles. The molecule has 0 bridgehead atoms. The van der Waals surface area contributed by atoms with Crippen molar-refractivity contribution >= 4 is 17.9 Å². The predicted octanol–water partition coefficient (Wildman–Crippen LogP) is 10.6. The number of ether oxygens (including phenoxy) is 7. The molecule has 0 spiro atoms. The van der Waals surface area contributed by atoms with Gasteiger partial charge in [0.2, 0.25) is 0 Å². The van der Waals surface area contributed by atoms with Gasteiger partial charge in [-0.25, -0.2) is 0 Å². The highest BCUT2D eigenvalue weighted by molar-refractivity contribution is 5.71. The number of carbonyl (C=O) groups excluding carboxylic acids is 3. The lowest BCUT2D eigenvalue weighted by Gasteiger charge is -2.03. The van der Waals surface area contributed by atoms with Crippen LogP contribution >= 0.6 is 0 Å². The molecule has 0 aliphatic heterocycles. The van der Waals surface area contributed by atoms with E-state index < -0.39 is 0 Å². The van der Waals surface area contributed by atoms with E-state index in [1.807, 2.05) is 55.4 Å². The van der Waals surface area contributed by atoms with Crippen molar-refractivity contribution in [2.75, 3.05) is 42.3 Å². The molecule has 0 aliphatic rings. The summed E-state index contributed by atoms with van der Waals surface area (Å²) in [5.74, 6) is 1.26. The largest absolute Gasteiger partial charge is 0.469 e. The Morgan fingerprint density at radius 1 is 0.464 bits per heavy atom. The molecule has 0 unspecified atom stereocenters. The minimum atomic E-state index is -0.213. The summed E-state index contributed by atoms with van der Waals surface area (Å²) in [6.07, 6.45) is 3.35. The summed E-state index contributed by atoms with van der Waals surface area (Å²) in [5.41, 5.74) is 0. The van der Waals surface area contributed by atoms with Gasteiger partial charge >= 0.3 is 17.9 Å². The first kappa shape index (κ1) is 78.5. The van der Waals surface area contributed by atoms with Gasteiger partial charge in [0.15, 0.2) is 0 Å². The molecule has 0 fully saturated rings. The molecule has 0 aliphatic carbocycles. The predicted molar refractivity (Wildman–Crippen MR) is 238 cm³/mol. The molecule has 350 valence electrons. The maximum Gasteiger partial charge on any atom is 0.308 e. The molecular weight excluding hydrogens is 720 g/mol. The topological polar surface area (TPSA) is 156 Å². The van der Waals surface area contributed by atoms with Crippen LogP contribution in [0.5, 0.6) is 0 Å². The lowest BCUT2D eigenvalue weighted by molar-refractivity contribution is -0.145. The second kappa shape index (κ2) is 65.0. The van der Waals surface area contributed by atoms with Crippen LogP contribution in [0.1, 0.15) is 172 Å². The third-order valence-electron chi connectivity index (χ3n) is 4.84. The molecule has 56 heavy (non-hydrogen) atoms. The first-order valence-electron chi connectivity index (χ1n) is 20.2. The molecular formula is C44H102O12. The van der Waals surface area contributed by atoms with Gasteiger partial charge in [0.1, 0.15) is 6.79 Å². The summed E-state index contributed by atoms with van der Waals surface area (Å²) in [4.78, 5) is 30.6. The summed E-state index contributed by atoms with van der Waals surface area (Å²) in [5, 5.41) is 16.1. The zero-order chi connectivity index (χ0) is 47.6. The quantitative estimate of drug-likeness (QED) is 0.122. The van der Waals surface area contributed by atoms with Crippen LogP contribution in [-0.2, 0) is 47.5 Å². The smallest absolute Gasteiger partial charge is 0.308 e. The van der Waals surface area contributed by atoms with E-state index in [4.69, 9.17) is 24.4 Å². The van der Waals surface area contributed by atoms with E-state index in [0.717, 1.165) is 11.8 Å². The third kappa shape index (κ3) is 199. The Balaban J connectivity index is -0.0000000528. The van der Waals surface area contributed by atoms with Crippen LogP contribution in [0.4, 0.5) is 0 Å². The van der Waals surface area contributed by atoms with Crippen LogP contribution in [0, 0.1) is 23.7 Å². The molecule has 12 nitrogen and oxygen atoms in total. The van der Waals surface area contributed by atoms with Crippen LogP contribution in [0.15, 0.2) is 0 Å². The van der Waals surface area contributed by atoms with Crippen LogP contribution in [0.3, 0.4) is 0 Å². The van der Waals surface area contributed by atoms with Gasteiger partial charge in [0, 0.05) is 40.5 Å². The summed E-state index contributed by atoms with van der Waals surface area (Å²) in [7, 11) is 7.79. The lowest BCUT2D eigenvalue weighted by Crippen LogP contribution is -2.07. The number of rotatable bonds is 10. The van der Waals surface area contributed by atoms with E-state index in [0.29, 0.717) is 19.0 Å². The lowest BCUT2D eigenvalue weighted by atomic mass is 10.2. The Bertz CT molecular complexity index is 626. The second-order valence-electron chi connectivity index (χ2n) is 15.0. The van der Waals surface area contributed by atoms with Crippen LogP contribution in [0.25, 0.3) is 0 Å². The number of carbonyl (C=O) groups is 3. The summed E-state index contributed by atoms with van der Waals surface area (Å²) in [6.45, 7) is 44.8. The molecule has 0 rings (SSSR count). The van der Waals surface area contributed by atoms with E-state index in [1.54, 1.807) is 76.7 Å². The highest BCUT2D eigenvalue weighted by Crippen LogP contribution is 1.95. The molecule has 0 aromatic rings. The first-order chi connectivity index (χ1) is 25.3. The van der Waals surface area contributed by atoms with Crippen LogP contribution in [-0.4, -0.2) is 107 Å². The average molecular weight is 823 g/mol. The van der Waals surface area contributed by atoms with Crippen molar-refractivity contribution in [1.82, 2.24) is 0 Å². The number of hydrogen-bond acceptors (Lipinski definition) is 12. The average Bonchev–Trinajstić information content (AvgIpc) is 3.07. The highest BCUT2D eigenvalue weighted by Gasteiger charge is 2.03. The van der Waals surface area contributed by atoms with Gasteiger partial charge in [-0.1, -0.05) is 82.1 Å². The van der Waals surface area contributed by atoms with E-state index in [2.05, 4.69) is 60.5 Å². The van der Waals surface area contributed by atoms with Gasteiger partial charge in [-0.3, -0.25) is 14.4 Å². The maximum atomic E-state index is 10.3. The van der Waals surface area contributed by atoms with E-state index in [-0.39, 0.29) is 54.2 Å². The van der Waals surface area contributed by atoms with Crippen molar-refractivity contribution in [3.05, 3.63) is 0 Å². The summed E-state index contributed by atoms with van der Waals surface area (Å²) >= 11 is 0. The monoisotopic (exact) mass is 823 g/mol. The first-order valence-corrected chi connectivity index (χ1v) is 20.2. The van der Waals surface area contributed by atoms with Gasteiger partial charge in [-0.15, -0.1) is 0 Å². The Labute approximate surface area is 349 Å². The standard InChI is InChI=1S/C5H12O2.3C5H10O2.2C5H12.2C4H10O.2C3H8O/c1-5(2)7-4-6-3;2*1-4(2)5(6)7-3;1-4(2)7-5(3)6;2*1-4-5(2)3;2*1-4(2)5-3;2*1-3(2)4/h5H,4H2,1-3H3;3*4H,1-3H3;2*5H,4H2,1-3H3;2*4H,1-3H3;2*3-4H,1-2H3. The SMILES string of the molecule is CC(=O)OC(C)C.CC(C)O.CC(C)O.CCC(C)C.CCC(C)C.COC(=O)C(C)C.COC(=O)C(C)C.COC(C)C.COC(C)C.COCOC(C)C. The van der Waals surface area contributed by atoms with E-state index >= 15 is 0 Å². The molecule has 0 atom stereocenters. The zero-order valence-electron chi connectivity index (χ0n) is 42.4. The number of esters is 3. The Kier molecular flexibility index (Phi) is 91.2. The van der Waals surface area contributed by atoms with Crippen molar-refractivity contribution in [3.63, 3.8) is 0 Å². The van der Waals surface area contributed by atoms with Crippen molar-refractivity contribution in [2.45, 2.75) is 209 Å². The number of aliphatic hydroxyl groups is 2. The van der Waals surface area contributed by atoms with Gasteiger partial charge in [0.25, 0.3) is 0 Å². The summed E-state index contributed by atoms with van der Waals surface area (Å²) in [6, 6.07) is 0. The Hall–Kier alpha value is -1.83. The Morgan fingerprint density at radius 2 is 0.679 bits per heavy atom. The molecule has 2 N–H and O–H groups in total. The number of hydrogen-bond donors (Lipinski definition) is 2. The van der Waals surface area contributed by atoms with Gasteiger partial charge in [-0.2, -0.15) is 0 Å². The fourth-order valence-electron chi connectivity index (χ4n) is 1.01. The minimum Gasteiger partial charge on any atom is -0.469 e. The van der Waals surface area contributed by atoms with Gasteiger partial charge < -0.3 is 43.4 Å². The molecule has 12 heteroatoms. The van der Waals surface area contributed by atoms with Gasteiger partial charge in [-0.05, 0) is 94.9 Å². The van der Waals surface area contributed by atoms with Crippen molar-refractivity contribution < 1.29 is 57.8 Å². The number of methoxy groups -OCH3 is 5. The van der Waals surface area contributed by atoms with Crippen molar-refractivity contribution in [1.29, 1.82) is 0 Å². The molecule has 0 saturated heterocycles. The van der Waals surface area contributed by atoms with Crippen molar-refractivity contribution in [2.24, 2.45) is 23.7 Å². The van der Waals surface area contributed by atoms with Crippen LogP contribution < -0.4 is 0 Å². The van der Waals surface area contributed by atoms with Crippen molar-refractivity contribution in [3.8, 4) is 0 Å². The normalized spacial score (nSPS) is 9.43.